The molecule has 0 saturated heterocycles. The predicted molar refractivity (Wildman–Crippen MR) is 74.9 cm³/mol. The van der Waals surface area contributed by atoms with Crippen molar-refractivity contribution >= 4 is 23.5 Å². The average molecular weight is 297 g/mol. The van der Waals surface area contributed by atoms with Gasteiger partial charge in [-0.1, -0.05) is 18.5 Å². The Hall–Kier alpha value is -1.62. The van der Waals surface area contributed by atoms with Crippen molar-refractivity contribution in [3.8, 4) is 0 Å². The molecule has 1 aromatic heterocycles. The second kappa shape index (κ2) is 5.79. The van der Waals surface area contributed by atoms with Crippen LogP contribution >= 0.6 is 11.6 Å². The normalized spacial score (nSPS) is 16.3. The second-order valence-corrected chi connectivity index (χ2v) is 5.57. The third-order valence-electron chi connectivity index (χ3n) is 3.65. The summed E-state index contributed by atoms with van der Waals surface area (Å²) in [5, 5.41) is 12.1. The molecule has 0 spiro atoms. The third kappa shape index (κ3) is 3.28. The first kappa shape index (κ1) is 14.8. The molecule has 0 aromatic carbocycles. The first-order valence-corrected chi connectivity index (χ1v) is 7.03. The van der Waals surface area contributed by atoms with Crippen molar-refractivity contribution in [2.75, 3.05) is 0 Å². The molecule has 1 aromatic rings. The van der Waals surface area contributed by atoms with Gasteiger partial charge in [0.05, 0.1) is 12.0 Å². The van der Waals surface area contributed by atoms with Crippen molar-refractivity contribution < 1.29 is 14.7 Å². The van der Waals surface area contributed by atoms with Gasteiger partial charge >= 0.3 is 5.97 Å². The quantitative estimate of drug-likeness (QED) is 0.818. The molecule has 2 rings (SSSR count). The van der Waals surface area contributed by atoms with Crippen LogP contribution in [0.25, 0.3) is 0 Å². The zero-order valence-corrected chi connectivity index (χ0v) is 12.0. The summed E-state index contributed by atoms with van der Waals surface area (Å²) in [5.41, 5.74) is 0.562. The lowest BCUT2D eigenvalue weighted by Gasteiger charge is -2.41. The first-order chi connectivity index (χ1) is 9.44. The molecule has 2 N–H and O–H groups in total. The number of carboxylic acids is 1. The number of halogens is 1. The minimum Gasteiger partial charge on any atom is -0.481 e. The molecule has 5 nitrogen and oxygen atoms in total. The Labute approximate surface area is 122 Å². The number of carbonyl (C=O) groups excluding carboxylic acids is 1. The number of carbonyl (C=O) groups is 2. The van der Waals surface area contributed by atoms with Crippen molar-refractivity contribution in [1.29, 1.82) is 0 Å². The largest absolute Gasteiger partial charge is 0.481 e. The summed E-state index contributed by atoms with van der Waals surface area (Å²) in [6.45, 7) is 1.93. The highest BCUT2D eigenvalue weighted by atomic mass is 35.5. The molecule has 0 bridgehead atoms. The number of rotatable bonds is 5. The van der Waals surface area contributed by atoms with E-state index in [9.17, 15) is 9.59 Å². The van der Waals surface area contributed by atoms with Crippen LogP contribution in [0.15, 0.2) is 12.1 Å². The molecule has 108 valence electrons. The summed E-state index contributed by atoms with van der Waals surface area (Å²) in [6, 6.07) is 3.19. The zero-order chi connectivity index (χ0) is 14.8. The summed E-state index contributed by atoms with van der Waals surface area (Å²) < 4.78 is 0. The van der Waals surface area contributed by atoms with Crippen LogP contribution in [0.1, 0.15) is 48.7 Å². The van der Waals surface area contributed by atoms with Crippen LogP contribution in [-0.4, -0.2) is 27.5 Å². The van der Waals surface area contributed by atoms with Crippen LogP contribution in [0.3, 0.4) is 0 Å². The third-order valence-corrected chi connectivity index (χ3v) is 3.84. The van der Waals surface area contributed by atoms with E-state index in [1.165, 1.54) is 6.07 Å². The number of nitrogens with zero attached hydrogens (tertiary/aromatic N) is 1. The molecule has 0 unspecified atom stereocenters. The molecule has 0 atom stereocenters. The lowest BCUT2D eigenvalue weighted by molar-refractivity contribution is -0.139. The number of hydrogen-bond acceptors (Lipinski definition) is 3. The predicted octanol–water partition coefficient (Wildman–Crippen LogP) is 2.42. The molecule has 0 aliphatic heterocycles. The van der Waals surface area contributed by atoms with Gasteiger partial charge in [0.1, 0.15) is 5.15 Å². The van der Waals surface area contributed by atoms with E-state index in [0.29, 0.717) is 24.8 Å². The van der Waals surface area contributed by atoms with Gasteiger partial charge in [0, 0.05) is 11.3 Å². The van der Waals surface area contributed by atoms with Gasteiger partial charge in [0.25, 0.3) is 5.91 Å². The standard InChI is InChI=1S/C14H17ClN2O3/c1-2-10-6-9(7-11(15)16-10)13(20)17-14(4-3-5-14)8-12(18)19/h6-7H,2-5,8H2,1H3,(H,17,20)(H,18,19). The highest BCUT2D eigenvalue weighted by Gasteiger charge is 2.40. The lowest BCUT2D eigenvalue weighted by atomic mass is 9.74. The number of hydrogen-bond donors (Lipinski definition) is 2. The number of carboxylic acid groups (broad SMARTS) is 1. The Morgan fingerprint density at radius 1 is 1.45 bits per heavy atom. The Kier molecular flexibility index (Phi) is 4.28. The van der Waals surface area contributed by atoms with E-state index in [1.54, 1.807) is 6.07 Å². The SMILES string of the molecule is CCc1cc(C(=O)NC2(CC(=O)O)CCC2)cc(Cl)n1. The Bertz CT molecular complexity index is 541. The molecule has 1 fully saturated rings. The van der Waals surface area contributed by atoms with Gasteiger partial charge in [-0.15, -0.1) is 0 Å². The van der Waals surface area contributed by atoms with Gasteiger partial charge in [-0.25, -0.2) is 4.98 Å². The monoisotopic (exact) mass is 296 g/mol. The van der Waals surface area contributed by atoms with Crippen molar-refractivity contribution in [3.05, 3.63) is 28.5 Å². The van der Waals surface area contributed by atoms with Crippen LogP contribution in [0.2, 0.25) is 5.15 Å². The van der Waals surface area contributed by atoms with Gasteiger partial charge in [0.2, 0.25) is 0 Å². The smallest absolute Gasteiger partial charge is 0.305 e. The van der Waals surface area contributed by atoms with Crippen molar-refractivity contribution in [3.63, 3.8) is 0 Å². The topological polar surface area (TPSA) is 79.3 Å². The van der Waals surface area contributed by atoms with Gasteiger partial charge in [-0.2, -0.15) is 0 Å². The fourth-order valence-electron chi connectivity index (χ4n) is 2.42. The van der Waals surface area contributed by atoms with Crippen molar-refractivity contribution in [1.82, 2.24) is 10.3 Å². The second-order valence-electron chi connectivity index (χ2n) is 5.18. The fourth-order valence-corrected chi connectivity index (χ4v) is 2.64. The minimum absolute atomic E-state index is 0.0435. The molecule has 6 heteroatoms. The molecule has 1 heterocycles. The van der Waals surface area contributed by atoms with E-state index in [0.717, 1.165) is 12.1 Å². The fraction of sp³-hybridized carbons (Fsp3) is 0.500. The number of aromatic nitrogens is 1. The van der Waals surface area contributed by atoms with Gasteiger partial charge in [-0.3, -0.25) is 9.59 Å². The molecule has 1 saturated carbocycles. The van der Waals surface area contributed by atoms with E-state index < -0.39 is 11.5 Å². The maximum Gasteiger partial charge on any atom is 0.305 e. The van der Waals surface area contributed by atoms with E-state index >= 15 is 0 Å². The van der Waals surface area contributed by atoms with Crippen LogP contribution in [-0.2, 0) is 11.2 Å². The molecule has 1 aliphatic rings. The summed E-state index contributed by atoms with van der Waals surface area (Å²) in [6.07, 6.45) is 2.97. The molecule has 1 aliphatic carbocycles. The lowest BCUT2D eigenvalue weighted by Crippen LogP contribution is -2.54. The number of aliphatic carboxylic acids is 1. The van der Waals surface area contributed by atoms with Crippen LogP contribution in [0, 0.1) is 0 Å². The van der Waals surface area contributed by atoms with E-state index in [-0.39, 0.29) is 17.5 Å². The first-order valence-electron chi connectivity index (χ1n) is 6.65. The molecular weight excluding hydrogens is 280 g/mol. The minimum atomic E-state index is -0.896. The Morgan fingerprint density at radius 2 is 2.15 bits per heavy atom. The maximum atomic E-state index is 12.3. The number of amides is 1. The van der Waals surface area contributed by atoms with Crippen LogP contribution in [0.4, 0.5) is 0 Å². The van der Waals surface area contributed by atoms with E-state index in [4.69, 9.17) is 16.7 Å². The van der Waals surface area contributed by atoms with Gasteiger partial charge < -0.3 is 10.4 Å². The summed E-state index contributed by atoms with van der Waals surface area (Å²) in [5.74, 6) is -1.18. The Morgan fingerprint density at radius 3 is 2.65 bits per heavy atom. The number of aryl methyl sites for hydroxylation is 1. The Balaban J connectivity index is 2.15. The zero-order valence-electron chi connectivity index (χ0n) is 11.3. The molecular formula is C14H17ClN2O3. The summed E-state index contributed by atoms with van der Waals surface area (Å²) in [7, 11) is 0. The molecule has 1 amide bonds. The van der Waals surface area contributed by atoms with E-state index in [2.05, 4.69) is 10.3 Å². The van der Waals surface area contributed by atoms with Crippen LogP contribution < -0.4 is 5.32 Å². The number of nitrogens with one attached hydrogen (secondary N) is 1. The van der Waals surface area contributed by atoms with Crippen LogP contribution in [0.5, 0.6) is 0 Å². The maximum absolute atomic E-state index is 12.3. The van der Waals surface area contributed by atoms with Gasteiger partial charge in [0.15, 0.2) is 0 Å². The van der Waals surface area contributed by atoms with E-state index in [1.807, 2.05) is 6.92 Å². The molecule has 20 heavy (non-hydrogen) atoms. The summed E-state index contributed by atoms with van der Waals surface area (Å²) >= 11 is 5.89. The average Bonchev–Trinajstić information content (AvgIpc) is 2.34. The highest BCUT2D eigenvalue weighted by Crippen LogP contribution is 2.35. The van der Waals surface area contributed by atoms with Crippen molar-refractivity contribution in [2.45, 2.75) is 44.6 Å². The highest BCUT2D eigenvalue weighted by molar-refractivity contribution is 6.29. The molecule has 0 radical (unpaired) electrons. The van der Waals surface area contributed by atoms with Crippen molar-refractivity contribution in [2.24, 2.45) is 0 Å². The van der Waals surface area contributed by atoms with Gasteiger partial charge in [-0.05, 0) is 37.8 Å². The number of pyridine rings is 1. The summed E-state index contributed by atoms with van der Waals surface area (Å²) in [4.78, 5) is 27.3.